The number of phenols is 1. The lowest BCUT2D eigenvalue weighted by molar-refractivity contribution is 0.372. The predicted molar refractivity (Wildman–Crippen MR) is 98.0 cm³/mol. The van der Waals surface area contributed by atoms with Gasteiger partial charge in [0.2, 0.25) is 0 Å². The number of nitrogens with zero attached hydrogens (tertiary/aromatic N) is 1. The summed E-state index contributed by atoms with van der Waals surface area (Å²) < 4.78 is 5.72. The van der Waals surface area contributed by atoms with E-state index in [9.17, 15) is 5.11 Å². The number of methoxy groups -OCH3 is 1. The fraction of sp³-hybridized carbons (Fsp3) is 0.0556. The van der Waals surface area contributed by atoms with Crippen molar-refractivity contribution >= 4 is 50.6 Å². The van der Waals surface area contributed by atoms with Crippen LogP contribution in [0.5, 0.6) is 11.5 Å². The van der Waals surface area contributed by atoms with E-state index in [0.717, 1.165) is 22.2 Å². The summed E-state index contributed by atoms with van der Waals surface area (Å²) in [6.45, 7) is 0. The molecule has 0 bridgehead atoms. The zero-order valence-corrected chi connectivity index (χ0v) is 14.6. The van der Waals surface area contributed by atoms with E-state index in [2.05, 4.69) is 20.9 Å². The van der Waals surface area contributed by atoms with Crippen LogP contribution in [0.3, 0.4) is 0 Å². The highest BCUT2D eigenvalue weighted by molar-refractivity contribution is 9.10. The number of halogens is 2. The van der Waals surface area contributed by atoms with Crippen LogP contribution < -0.4 is 4.74 Å². The molecule has 0 saturated heterocycles. The lowest BCUT2D eigenvalue weighted by Crippen LogP contribution is -1.86. The largest absolute Gasteiger partial charge is 0.503 e. The molecule has 0 spiro atoms. The van der Waals surface area contributed by atoms with E-state index < -0.39 is 0 Å². The second-order valence-corrected chi connectivity index (χ2v) is 6.25. The highest BCUT2D eigenvalue weighted by atomic mass is 79.9. The summed E-state index contributed by atoms with van der Waals surface area (Å²) in [7, 11) is 1.52. The first-order valence-electron chi connectivity index (χ1n) is 6.88. The third kappa shape index (κ3) is 3.49. The van der Waals surface area contributed by atoms with Gasteiger partial charge >= 0.3 is 0 Å². The maximum atomic E-state index is 9.83. The molecule has 0 atom stereocenters. The summed E-state index contributed by atoms with van der Waals surface area (Å²) in [6, 6.07) is 13.2. The number of ether oxygens (including phenoxy) is 1. The molecule has 0 aliphatic heterocycles. The van der Waals surface area contributed by atoms with Crippen LogP contribution in [0, 0.1) is 0 Å². The third-order valence-corrected chi connectivity index (χ3v) is 4.23. The molecule has 116 valence electrons. The Balaban J connectivity index is 1.95. The summed E-state index contributed by atoms with van der Waals surface area (Å²) in [5.74, 6) is 0.500. The van der Waals surface area contributed by atoms with Gasteiger partial charge in [0.05, 0.1) is 22.8 Å². The SMILES string of the molecule is COc1cc(/C=C/c2ccc3ccc(Cl)cc3n2)cc(Br)c1O. The van der Waals surface area contributed by atoms with E-state index in [1.165, 1.54) is 7.11 Å². The molecule has 3 rings (SSSR count). The number of fused-ring (bicyclic) bond motifs is 1. The Morgan fingerprint density at radius 2 is 1.91 bits per heavy atom. The van der Waals surface area contributed by atoms with Gasteiger partial charge in [0, 0.05) is 10.4 Å². The van der Waals surface area contributed by atoms with Crippen molar-refractivity contribution in [3.8, 4) is 11.5 Å². The lowest BCUT2D eigenvalue weighted by atomic mass is 10.1. The molecular formula is C18H13BrClNO2. The maximum Gasteiger partial charge on any atom is 0.172 e. The minimum absolute atomic E-state index is 0.0862. The molecular weight excluding hydrogens is 378 g/mol. The Labute approximate surface area is 147 Å². The van der Waals surface area contributed by atoms with Crippen molar-refractivity contribution in [3.05, 3.63) is 63.2 Å². The predicted octanol–water partition coefficient (Wildman–Crippen LogP) is 5.54. The molecule has 0 saturated carbocycles. The van der Waals surface area contributed by atoms with E-state index in [1.807, 2.05) is 48.6 Å². The van der Waals surface area contributed by atoms with Gasteiger partial charge in [-0.1, -0.05) is 29.8 Å². The number of aromatic hydroxyl groups is 1. The number of hydrogen-bond acceptors (Lipinski definition) is 3. The molecule has 0 amide bonds. The molecule has 0 radical (unpaired) electrons. The molecule has 0 aliphatic rings. The van der Waals surface area contributed by atoms with Crippen LogP contribution in [0.2, 0.25) is 5.02 Å². The van der Waals surface area contributed by atoms with Gasteiger partial charge in [0.1, 0.15) is 0 Å². The van der Waals surface area contributed by atoms with Gasteiger partial charge in [-0.25, -0.2) is 4.98 Å². The smallest absolute Gasteiger partial charge is 0.172 e. The molecule has 0 aliphatic carbocycles. The van der Waals surface area contributed by atoms with Crippen LogP contribution in [0.1, 0.15) is 11.3 Å². The Morgan fingerprint density at radius 3 is 2.70 bits per heavy atom. The number of aromatic nitrogens is 1. The second kappa shape index (κ2) is 6.60. The van der Waals surface area contributed by atoms with Gasteiger partial charge in [-0.2, -0.15) is 0 Å². The second-order valence-electron chi connectivity index (χ2n) is 4.96. The molecule has 0 unspecified atom stereocenters. The first kappa shape index (κ1) is 15.8. The summed E-state index contributed by atoms with van der Waals surface area (Å²) in [4.78, 5) is 4.57. The van der Waals surface area contributed by atoms with Crippen molar-refractivity contribution < 1.29 is 9.84 Å². The van der Waals surface area contributed by atoms with Gasteiger partial charge in [0.25, 0.3) is 0 Å². The number of benzene rings is 2. The summed E-state index contributed by atoms with van der Waals surface area (Å²) in [6.07, 6.45) is 3.81. The van der Waals surface area contributed by atoms with Crippen LogP contribution in [0.4, 0.5) is 0 Å². The first-order valence-corrected chi connectivity index (χ1v) is 8.05. The normalized spacial score (nSPS) is 11.3. The van der Waals surface area contributed by atoms with E-state index in [-0.39, 0.29) is 5.75 Å². The third-order valence-electron chi connectivity index (χ3n) is 3.39. The van der Waals surface area contributed by atoms with Gasteiger partial charge < -0.3 is 9.84 Å². The van der Waals surface area contributed by atoms with Crippen molar-refractivity contribution in [2.45, 2.75) is 0 Å². The van der Waals surface area contributed by atoms with Crippen molar-refractivity contribution in [2.24, 2.45) is 0 Å². The van der Waals surface area contributed by atoms with E-state index in [4.69, 9.17) is 16.3 Å². The van der Waals surface area contributed by atoms with Gasteiger partial charge in [0.15, 0.2) is 11.5 Å². The quantitative estimate of drug-likeness (QED) is 0.639. The summed E-state index contributed by atoms with van der Waals surface area (Å²) in [5, 5.41) is 11.5. The molecule has 5 heteroatoms. The van der Waals surface area contributed by atoms with Crippen LogP contribution in [-0.4, -0.2) is 17.2 Å². The van der Waals surface area contributed by atoms with E-state index in [0.29, 0.717) is 15.2 Å². The van der Waals surface area contributed by atoms with Crippen LogP contribution >= 0.6 is 27.5 Å². The van der Waals surface area contributed by atoms with Gasteiger partial charge in [-0.15, -0.1) is 0 Å². The highest BCUT2D eigenvalue weighted by Gasteiger charge is 2.07. The van der Waals surface area contributed by atoms with Crippen molar-refractivity contribution in [3.63, 3.8) is 0 Å². The Bertz CT molecular complexity index is 909. The number of rotatable bonds is 3. The van der Waals surface area contributed by atoms with Crippen LogP contribution in [-0.2, 0) is 0 Å². The van der Waals surface area contributed by atoms with Crippen LogP contribution in [0.15, 0.2) is 46.9 Å². The molecule has 3 aromatic rings. The standard InChI is InChI=1S/C18H13BrClNO2/c1-23-17-9-11(8-15(19)18(17)22)2-6-14-7-4-12-3-5-13(20)10-16(12)21-14/h2-10,22H,1H3/b6-2+. The average Bonchev–Trinajstić information content (AvgIpc) is 2.55. The maximum absolute atomic E-state index is 9.83. The average molecular weight is 391 g/mol. The lowest BCUT2D eigenvalue weighted by Gasteiger charge is -2.06. The monoisotopic (exact) mass is 389 g/mol. The molecule has 1 aromatic heterocycles. The van der Waals surface area contributed by atoms with Gasteiger partial charge in [-0.3, -0.25) is 0 Å². The first-order chi connectivity index (χ1) is 11.1. The highest BCUT2D eigenvalue weighted by Crippen LogP contribution is 2.35. The van der Waals surface area contributed by atoms with E-state index >= 15 is 0 Å². The molecule has 2 aromatic carbocycles. The summed E-state index contributed by atoms with van der Waals surface area (Å²) in [5.41, 5.74) is 2.56. The number of phenolic OH excluding ortho intramolecular Hbond substituents is 1. The zero-order valence-electron chi connectivity index (χ0n) is 12.3. The fourth-order valence-corrected chi connectivity index (χ4v) is 2.85. The van der Waals surface area contributed by atoms with Crippen molar-refractivity contribution in [1.29, 1.82) is 0 Å². The molecule has 1 N–H and O–H groups in total. The topological polar surface area (TPSA) is 42.4 Å². The Hall–Kier alpha value is -2.04. The Kier molecular flexibility index (Phi) is 4.55. The van der Waals surface area contributed by atoms with Crippen molar-refractivity contribution in [1.82, 2.24) is 4.98 Å². The summed E-state index contributed by atoms with van der Waals surface area (Å²) >= 11 is 9.32. The minimum Gasteiger partial charge on any atom is -0.503 e. The fourth-order valence-electron chi connectivity index (χ4n) is 2.23. The minimum atomic E-state index is 0.0862. The Morgan fingerprint density at radius 1 is 1.13 bits per heavy atom. The molecule has 23 heavy (non-hydrogen) atoms. The number of pyridine rings is 1. The molecule has 3 nitrogen and oxygen atoms in total. The van der Waals surface area contributed by atoms with E-state index in [1.54, 1.807) is 6.07 Å². The molecule has 1 heterocycles. The number of hydrogen-bond donors (Lipinski definition) is 1. The zero-order chi connectivity index (χ0) is 16.4. The van der Waals surface area contributed by atoms with Gasteiger partial charge in [-0.05, 0) is 57.9 Å². The van der Waals surface area contributed by atoms with Crippen molar-refractivity contribution in [2.75, 3.05) is 7.11 Å². The molecule has 0 fully saturated rings. The van der Waals surface area contributed by atoms with Crippen LogP contribution in [0.25, 0.3) is 23.1 Å².